The first-order valence-electron chi connectivity index (χ1n) is 6.37. The van der Waals surface area contributed by atoms with E-state index < -0.39 is 18.0 Å². The van der Waals surface area contributed by atoms with Crippen LogP contribution in [0, 0.1) is 0 Å². The van der Waals surface area contributed by atoms with Crippen LogP contribution in [-0.2, 0) is 9.47 Å². The van der Waals surface area contributed by atoms with Gasteiger partial charge in [0.25, 0.3) is 0 Å². The normalized spacial score (nSPS) is 11.8. The van der Waals surface area contributed by atoms with Gasteiger partial charge in [0.2, 0.25) is 5.69 Å². The summed E-state index contributed by atoms with van der Waals surface area (Å²) in [5, 5.41) is 8.12. The zero-order valence-electron chi connectivity index (χ0n) is 12.2. The fraction of sp³-hybridized carbons (Fsp3) is 0.286. The summed E-state index contributed by atoms with van der Waals surface area (Å²) in [6.07, 6.45) is 0. The number of benzene rings is 1. The second-order valence-electron chi connectivity index (χ2n) is 4.41. The van der Waals surface area contributed by atoms with E-state index in [-0.39, 0.29) is 11.4 Å². The lowest BCUT2D eigenvalue weighted by Crippen LogP contribution is -2.19. The fourth-order valence-corrected chi connectivity index (χ4v) is 2.32. The van der Waals surface area contributed by atoms with Crippen molar-refractivity contribution in [1.29, 1.82) is 0 Å². The molecule has 116 valence electrons. The third-order valence-electron chi connectivity index (χ3n) is 3.17. The lowest BCUT2D eigenvalue weighted by Gasteiger charge is -2.15. The molecule has 1 aromatic heterocycles. The number of carbonyl (C=O) groups excluding carboxylic acids is 2. The molecule has 1 atom stereocenters. The molecule has 0 radical (unpaired) electrons. The van der Waals surface area contributed by atoms with Crippen molar-refractivity contribution in [3.05, 3.63) is 46.2 Å². The van der Waals surface area contributed by atoms with Crippen LogP contribution in [0.3, 0.4) is 0 Å². The highest BCUT2D eigenvalue weighted by Crippen LogP contribution is 2.26. The van der Waals surface area contributed by atoms with Gasteiger partial charge < -0.3 is 9.47 Å². The standard InChI is InChI=1S/C14H14ClN3O4/c1-8(9-6-4-5-7-10(9)15)18-12(14(20)22-3)11(16-17-18)13(19)21-2/h4-8H,1-3H3/t8-/m0/s1. The molecule has 7 nitrogen and oxygen atoms in total. The number of aromatic nitrogens is 3. The van der Waals surface area contributed by atoms with Crippen LogP contribution in [0.1, 0.15) is 39.5 Å². The van der Waals surface area contributed by atoms with E-state index >= 15 is 0 Å². The fourth-order valence-electron chi connectivity index (χ4n) is 2.03. The molecule has 2 aromatic rings. The molecule has 0 spiro atoms. The van der Waals surface area contributed by atoms with Gasteiger partial charge in [-0.2, -0.15) is 0 Å². The van der Waals surface area contributed by atoms with E-state index in [4.69, 9.17) is 16.3 Å². The molecular formula is C14H14ClN3O4. The van der Waals surface area contributed by atoms with Crippen molar-refractivity contribution < 1.29 is 19.1 Å². The molecule has 0 amide bonds. The Kier molecular flexibility index (Phi) is 4.77. The zero-order chi connectivity index (χ0) is 16.3. The molecule has 0 N–H and O–H groups in total. The summed E-state index contributed by atoms with van der Waals surface area (Å²) >= 11 is 6.16. The van der Waals surface area contributed by atoms with Crippen molar-refractivity contribution in [2.45, 2.75) is 13.0 Å². The SMILES string of the molecule is COC(=O)c1nnn([C@@H](C)c2ccccc2Cl)c1C(=O)OC. The molecule has 0 aliphatic rings. The van der Waals surface area contributed by atoms with E-state index in [1.807, 2.05) is 6.07 Å². The van der Waals surface area contributed by atoms with Crippen LogP contribution in [0.2, 0.25) is 5.02 Å². The van der Waals surface area contributed by atoms with Crippen LogP contribution in [0.25, 0.3) is 0 Å². The average Bonchev–Trinajstić information content (AvgIpc) is 2.98. The Balaban J connectivity index is 2.56. The van der Waals surface area contributed by atoms with Crippen molar-refractivity contribution >= 4 is 23.5 Å². The molecule has 0 aliphatic heterocycles. The van der Waals surface area contributed by atoms with E-state index in [2.05, 4.69) is 15.0 Å². The number of halogens is 1. The maximum Gasteiger partial charge on any atom is 0.361 e. The van der Waals surface area contributed by atoms with Gasteiger partial charge in [0.05, 0.1) is 20.3 Å². The number of esters is 2. The molecule has 0 saturated heterocycles. The Morgan fingerprint density at radius 3 is 2.41 bits per heavy atom. The molecule has 8 heteroatoms. The van der Waals surface area contributed by atoms with Crippen LogP contribution >= 0.6 is 11.6 Å². The summed E-state index contributed by atoms with van der Waals surface area (Å²) in [7, 11) is 2.40. The summed E-state index contributed by atoms with van der Waals surface area (Å²) in [5.74, 6) is -1.50. The Morgan fingerprint density at radius 2 is 1.82 bits per heavy atom. The van der Waals surface area contributed by atoms with Gasteiger partial charge >= 0.3 is 11.9 Å². The van der Waals surface area contributed by atoms with Gasteiger partial charge in [-0.1, -0.05) is 35.0 Å². The van der Waals surface area contributed by atoms with Crippen LogP contribution in [0.4, 0.5) is 0 Å². The van der Waals surface area contributed by atoms with E-state index in [9.17, 15) is 9.59 Å². The predicted octanol–water partition coefficient (Wildman–Crippen LogP) is 2.11. The minimum Gasteiger partial charge on any atom is -0.464 e. The number of nitrogens with zero attached hydrogens (tertiary/aromatic N) is 3. The van der Waals surface area contributed by atoms with Crippen molar-refractivity contribution in [2.24, 2.45) is 0 Å². The van der Waals surface area contributed by atoms with Crippen molar-refractivity contribution in [3.63, 3.8) is 0 Å². The summed E-state index contributed by atoms with van der Waals surface area (Å²) in [4.78, 5) is 23.7. The quantitative estimate of drug-likeness (QED) is 0.801. The summed E-state index contributed by atoms with van der Waals surface area (Å²) in [6, 6.07) is 6.71. The molecular weight excluding hydrogens is 310 g/mol. The first-order valence-corrected chi connectivity index (χ1v) is 6.75. The topological polar surface area (TPSA) is 83.3 Å². The van der Waals surface area contributed by atoms with Gasteiger partial charge in [-0.3, -0.25) is 0 Å². The number of methoxy groups -OCH3 is 2. The number of hydrogen-bond donors (Lipinski definition) is 0. The predicted molar refractivity (Wildman–Crippen MR) is 78.0 cm³/mol. The number of ether oxygens (including phenoxy) is 2. The monoisotopic (exact) mass is 323 g/mol. The number of hydrogen-bond acceptors (Lipinski definition) is 6. The van der Waals surface area contributed by atoms with Gasteiger partial charge in [0, 0.05) is 5.02 Å². The smallest absolute Gasteiger partial charge is 0.361 e. The summed E-state index contributed by atoms with van der Waals surface area (Å²) in [5.41, 5.74) is 0.450. The minimum atomic E-state index is -0.766. The van der Waals surface area contributed by atoms with Crippen molar-refractivity contribution in [2.75, 3.05) is 14.2 Å². The van der Waals surface area contributed by atoms with Gasteiger partial charge in [-0.25, -0.2) is 14.3 Å². The molecule has 1 heterocycles. The van der Waals surface area contributed by atoms with E-state index in [1.54, 1.807) is 25.1 Å². The highest BCUT2D eigenvalue weighted by Gasteiger charge is 2.29. The second-order valence-corrected chi connectivity index (χ2v) is 4.82. The molecule has 2 rings (SSSR count). The van der Waals surface area contributed by atoms with Crippen LogP contribution in [0.15, 0.2) is 24.3 Å². The van der Waals surface area contributed by atoms with Gasteiger partial charge in [0.15, 0.2) is 5.69 Å². The Morgan fingerprint density at radius 1 is 1.18 bits per heavy atom. The van der Waals surface area contributed by atoms with Crippen LogP contribution in [-0.4, -0.2) is 41.2 Å². The maximum atomic E-state index is 12.0. The van der Waals surface area contributed by atoms with E-state index in [0.717, 1.165) is 5.56 Å². The molecule has 1 aromatic carbocycles. The summed E-state index contributed by atoms with van der Waals surface area (Å²) < 4.78 is 10.6. The van der Waals surface area contributed by atoms with Crippen molar-refractivity contribution in [3.8, 4) is 0 Å². The molecule has 0 bridgehead atoms. The Labute approximate surface area is 131 Å². The van der Waals surface area contributed by atoms with Gasteiger partial charge in [0.1, 0.15) is 0 Å². The Bertz CT molecular complexity index is 714. The van der Waals surface area contributed by atoms with Crippen molar-refractivity contribution in [1.82, 2.24) is 15.0 Å². The molecule has 0 unspecified atom stereocenters. The first-order chi connectivity index (χ1) is 10.5. The third kappa shape index (κ3) is 2.80. The van der Waals surface area contributed by atoms with Crippen LogP contribution < -0.4 is 0 Å². The minimum absolute atomic E-state index is 0.0817. The number of rotatable bonds is 4. The summed E-state index contributed by atoms with van der Waals surface area (Å²) in [6.45, 7) is 1.78. The first kappa shape index (κ1) is 16.0. The maximum absolute atomic E-state index is 12.0. The second kappa shape index (κ2) is 6.57. The molecule has 0 fully saturated rings. The van der Waals surface area contributed by atoms with E-state index in [1.165, 1.54) is 18.9 Å². The third-order valence-corrected chi connectivity index (χ3v) is 3.52. The molecule has 22 heavy (non-hydrogen) atoms. The zero-order valence-corrected chi connectivity index (χ0v) is 13.0. The van der Waals surface area contributed by atoms with Crippen LogP contribution in [0.5, 0.6) is 0 Å². The Hall–Kier alpha value is -2.41. The molecule has 0 saturated carbocycles. The average molecular weight is 324 g/mol. The molecule has 0 aliphatic carbocycles. The van der Waals surface area contributed by atoms with E-state index in [0.29, 0.717) is 5.02 Å². The largest absolute Gasteiger partial charge is 0.464 e. The number of carbonyl (C=O) groups is 2. The highest BCUT2D eigenvalue weighted by molar-refractivity contribution is 6.31. The highest BCUT2D eigenvalue weighted by atomic mass is 35.5. The van der Waals surface area contributed by atoms with Gasteiger partial charge in [-0.15, -0.1) is 5.10 Å². The van der Waals surface area contributed by atoms with Gasteiger partial charge in [-0.05, 0) is 18.6 Å². The lowest BCUT2D eigenvalue weighted by molar-refractivity contribution is 0.0542. The lowest BCUT2D eigenvalue weighted by atomic mass is 10.1.